The minimum absolute atomic E-state index is 0.149. The second kappa shape index (κ2) is 9.49. The molecule has 2 aromatic rings. The van der Waals surface area contributed by atoms with Gasteiger partial charge < -0.3 is 10.2 Å². The topological polar surface area (TPSA) is 95.8 Å². The molecule has 0 aromatic heterocycles. The smallest absolute Gasteiger partial charge is 0.270 e. The zero-order valence-electron chi connectivity index (χ0n) is 17.2. The van der Waals surface area contributed by atoms with Gasteiger partial charge in [0, 0.05) is 50.4 Å². The summed E-state index contributed by atoms with van der Waals surface area (Å²) in [6, 6.07) is 13.0. The average Bonchev–Trinajstić information content (AvgIpc) is 2.75. The van der Waals surface area contributed by atoms with E-state index in [0.717, 1.165) is 19.6 Å². The number of non-ortho nitro benzene ring substituents is 1. The Kier molecular flexibility index (Phi) is 6.79. The number of carbonyl (C=O) groups excluding carboxylic acids is 2. The summed E-state index contributed by atoms with van der Waals surface area (Å²) in [6.07, 6.45) is 0. The molecule has 1 unspecified atom stereocenters. The third kappa shape index (κ3) is 5.21. The number of benzene rings is 2. The van der Waals surface area contributed by atoms with E-state index in [2.05, 4.69) is 29.3 Å². The van der Waals surface area contributed by atoms with Crippen LogP contribution in [-0.2, 0) is 11.3 Å². The van der Waals surface area contributed by atoms with Crippen LogP contribution in [0.5, 0.6) is 0 Å². The van der Waals surface area contributed by atoms with Gasteiger partial charge in [-0.1, -0.05) is 30.3 Å². The van der Waals surface area contributed by atoms with E-state index in [4.69, 9.17) is 0 Å². The maximum atomic E-state index is 12.7. The molecule has 8 heteroatoms. The number of rotatable bonds is 6. The summed E-state index contributed by atoms with van der Waals surface area (Å²) in [6.45, 7) is 7.33. The van der Waals surface area contributed by atoms with Crippen LogP contribution in [0.2, 0.25) is 0 Å². The van der Waals surface area contributed by atoms with E-state index in [1.165, 1.54) is 35.4 Å². The molecule has 1 fully saturated rings. The molecule has 1 aliphatic heterocycles. The van der Waals surface area contributed by atoms with Crippen molar-refractivity contribution in [1.29, 1.82) is 0 Å². The Balaban J connectivity index is 1.52. The molecule has 1 aliphatic rings. The highest BCUT2D eigenvalue weighted by atomic mass is 16.6. The second-order valence-electron chi connectivity index (χ2n) is 7.53. The van der Waals surface area contributed by atoms with E-state index in [0.29, 0.717) is 13.1 Å². The van der Waals surface area contributed by atoms with Gasteiger partial charge in [0.25, 0.3) is 11.6 Å². The summed E-state index contributed by atoms with van der Waals surface area (Å²) in [7, 11) is 0. The van der Waals surface area contributed by atoms with E-state index >= 15 is 0 Å². The van der Waals surface area contributed by atoms with Crippen LogP contribution in [0, 0.1) is 17.0 Å². The van der Waals surface area contributed by atoms with Gasteiger partial charge >= 0.3 is 0 Å². The maximum Gasteiger partial charge on any atom is 0.270 e. The first-order valence-corrected chi connectivity index (χ1v) is 9.96. The first-order chi connectivity index (χ1) is 14.3. The van der Waals surface area contributed by atoms with Crippen LogP contribution in [0.4, 0.5) is 5.69 Å². The van der Waals surface area contributed by atoms with Crippen molar-refractivity contribution in [2.45, 2.75) is 26.4 Å². The first kappa shape index (κ1) is 21.4. The molecular formula is C22H26N4O4. The van der Waals surface area contributed by atoms with Crippen LogP contribution in [0.1, 0.15) is 28.4 Å². The number of hydrogen-bond donors (Lipinski definition) is 1. The summed E-state index contributed by atoms with van der Waals surface area (Å²) in [4.78, 5) is 39.5. The Bertz CT molecular complexity index is 938. The van der Waals surface area contributed by atoms with Gasteiger partial charge in [-0.05, 0) is 31.0 Å². The minimum atomic E-state index is -0.709. The summed E-state index contributed by atoms with van der Waals surface area (Å²) in [5.41, 5.74) is 2.54. The zero-order valence-corrected chi connectivity index (χ0v) is 17.2. The fraction of sp³-hybridized carbons (Fsp3) is 0.364. The van der Waals surface area contributed by atoms with Crippen LogP contribution >= 0.6 is 0 Å². The molecule has 0 radical (unpaired) electrons. The molecule has 1 saturated heterocycles. The number of nitrogens with zero attached hydrogens (tertiary/aromatic N) is 3. The first-order valence-electron chi connectivity index (χ1n) is 9.96. The SMILES string of the molecule is Cc1ccccc1CN1CCN(C(=O)C(C)NC(=O)c2cccc([N+](=O)[O-])c2)CC1. The standard InChI is InChI=1S/C22H26N4O4/c1-16-6-3-4-7-19(16)15-24-10-12-25(13-11-24)22(28)17(2)23-21(27)18-8-5-9-20(14-18)26(29)30/h3-9,14,17H,10-13,15H2,1-2H3,(H,23,27). The van der Waals surface area contributed by atoms with Crippen molar-refractivity contribution in [3.63, 3.8) is 0 Å². The molecule has 1 atom stereocenters. The van der Waals surface area contributed by atoms with Gasteiger partial charge in [-0.15, -0.1) is 0 Å². The quantitative estimate of drug-likeness (QED) is 0.583. The van der Waals surface area contributed by atoms with E-state index in [-0.39, 0.29) is 17.2 Å². The molecule has 2 amide bonds. The number of amides is 2. The normalized spacial score (nSPS) is 15.5. The maximum absolute atomic E-state index is 12.7. The van der Waals surface area contributed by atoms with Crippen molar-refractivity contribution in [2.24, 2.45) is 0 Å². The lowest BCUT2D eigenvalue weighted by molar-refractivity contribution is -0.384. The monoisotopic (exact) mass is 410 g/mol. The molecule has 0 saturated carbocycles. The van der Waals surface area contributed by atoms with Crippen molar-refractivity contribution in [3.8, 4) is 0 Å². The molecule has 158 valence electrons. The van der Waals surface area contributed by atoms with Crippen LogP contribution in [0.3, 0.4) is 0 Å². The Labute approximate surface area is 175 Å². The van der Waals surface area contributed by atoms with Gasteiger partial charge in [0.15, 0.2) is 0 Å². The zero-order chi connectivity index (χ0) is 21.7. The van der Waals surface area contributed by atoms with Crippen LogP contribution in [0.25, 0.3) is 0 Å². The highest BCUT2D eigenvalue weighted by Gasteiger charge is 2.26. The van der Waals surface area contributed by atoms with E-state index in [9.17, 15) is 19.7 Å². The molecule has 0 spiro atoms. The lowest BCUT2D eigenvalue weighted by atomic mass is 10.1. The lowest BCUT2D eigenvalue weighted by Gasteiger charge is -2.36. The van der Waals surface area contributed by atoms with Crippen LogP contribution < -0.4 is 5.32 Å². The fourth-order valence-corrected chi connectivity index (χ4v) is 3.53. The Morgan fingerprint density at radius 3 is 2.47 bits per heavy atom. The lowest BCUT2D eigenvalue weighted by Crippen LogP contribution is -2.53. The summed E-state index contributed by atoms with van der Waals surface area (Å²) in [5.74, 6) is -0.651. The van der Waals surface area contributed by atoms with Crippen molar-refractivity contribution in [2.75, 3.05) is 26.2 Å². The van der Waals surface area contributed by atoms with Crippen LogP contribution in [0.15, 0.2) is 48.5 Å². The van der Waals surface area contributed by atoms with E-state index in [1.54, 1.807) is 11.8 Å². The molecule has 1 N–H and O–H groups in total. The van der Waals surface area contributed by atoms with Gasteiger partial charge in [-0.3, -0.25) is 24.6 Å². The Morgan fingerprint density at radius 1 is 1.10 bits per heavy atom. The number of nitro groups is 1. The third-order valence-corrected chi connectivity index (χ3v) is 5.38. The van der Waals surface area contributed by atoms with Gasteiger partial charge in [0.05, 0.1) is 4.92 Å². The largest absolute Gasteiger partial charge is 0.341 e. The predicted octanol–water partition coefficient (Wildman–Crippen LogP) is 2.37. The fourth-order valence-electron chi connectivity index (χ4n) is 3.53. The van der Waals surface area contributed by atoms with Crippen molar-refractivity contribution < 1.29 is 14.5 Å². The van der Waals surface area contributed by atoms with E-state index in [1.807, 2.05) is 12.1 Å². The molecular weight excluding hydrogens is 384 g/mol. The molecule has 0 aliphatic carbocycles. The minimum Gasteiger partial charge on any atom is -0.341 e. The van der Waals surface area contributed by atoms with Crippen molar-refractivity contribution in [1.82, 2.24) is 15.1 Å². The number of aryl methyl sites for hydroxylation is 1. The average molecular weight is 410 g/mol. The highest BCUT2D eigenvalue weighted by Crippen LogP contribution is 2.15. The Morgan fingerprint density at radius 2 is 1.80 bits per heavy atom. The second-order valence-corrected chi connectivity index (χ2v) is 7.53. The third-order valence-electron chi connectivity index (χ3n) is 5.38. The molecule has 3 rings (SSSR count). The van der Waals surface area contributed by atoms with Gasteiger partial charge in [0.1, 0.15) is 6.04 Å². The van der Waals surface area contributed by atoms with Gasteiger partial charge in [-0.2, -0.15) is 0 Å². The number of hydrogen-bond acceptors (Lipinski definition) is 5. The predicted molar refractivity (Wildman–Crippen MR) is 113 cm³/mol. The summed E-state index contributed by atoms with van der Waals surface area (Å²) < 4.78 is 0. The van der Waals surface area contributed by atoms with E-state index < -0.39 is 16.9 Å². The summed E-state index contributed by atoms with van der Waals surface area (Å²) >= 11 is 0. The molecule has 0 bridgehead atoms. The van der Waals surface area contributed by atoms with Crippen LogP contribution in [-0.4, -0.2) is 58.8 Å². The Hall–Kier alpha value is -3.26. The molecule has 30 heavy (non-hydrogen) atoms. The molecule has 1 heterocycles. The van der Waals surface area contributed by atoms with Gasteiger partial charge in [-0.25, -0.2) is 0 Å². The number of nitro benzene ring substituents is 1. The van der Waals surface area contributed by atoms with Gasteiger partial charge in [0.2, 0.25) is 5.91 Å². The number of nitrogens with one attached hydrogen (secondary N) is 1. The molecule has 2 aromatic carbocycles. The number of piperazine rings is 1. The highest BCUT2D eigenvalue weighted by molar-refractivity contribution is 5.97. The van der Waals surface area contributed by atoms with Crippen molar-refractivity contribution in [3.05, 3.63) is 75.3 Å². The van der Waals surface area contributed by atoms with Crippen molar-refractivity contribution >= 4 is 17.5 Å². The molecule has 8 nitrogen and oxygen atoms in total. The summed E-state index contributed by atoms with van der Waals surface area (Å²) in [5, 5.41) is 13.5. The number of carbonyl (C=O) groups is 2.